The van der Waals surface area contributed by atoms with E-state index in [9.17, 15) is 0 Å². The van der Waals surface area contributed by atoms with Crippen LogP contribution in [0.1, 0.15) is 5.69 Å². The molecular weight excluding hydrogens is 224 g/mol. The molecule has 0 fully saturated rings. The number of aromatic nitrogens is 3. The second-order valence-electron chi connectivity index (χ2n) is 2.17. The predicted molar refractivity (Wildman–Crippen MR) is 56.0 cm³/mol. The minimum atomic E-state index is 0.698. The van der Waals surface area contributed by atoms with Gasteiger partial charge in [-0.2, -0.15) is 0 Å². The van der Waals surface area contributed by atoms with Crippen LogP contribution in [0, 0.1) is 0 Å². The van der Waals surface area contributed by atoms with Gasteiger partial charge in [-0.1, -0.05) is 16.3 Å². The van der Waals surface area contributed by atoms with Crippen LogP contribution in [0.3, 0.4) is 0 Å². The van der Waals surface area contributed by atoms with Gasteiger partial charge in [0, 0.05) is 28.9 Å². The first-order valence-electron chi connectivity index (χ1n) is 3.45. The number of nitrogens with zero attached hydrogens (tertiary/aromatic N) is 3. The summed E-state index contributed by atoms with van der Waals surface area (Å²) in [5.41, 5.74) is 6.50. The molecule has 0 saturated heterocycles. The minimum absolute atomic E-state index is 0.698. The number of nitrogens with two attached hydrogens (primary N) is 1. The third-order valence-electron chi connectivity index (χ3n) is 1.33. The third kappa shape index (κ3) is 2.17. The van der Waals surface area contributed by atoms with Gasteiger partial charge in [0.2, 0.25) is 0 Å². The molecule has 13 heavy (non-hydrogen) atoms. The zero-order valence-corrected chi connectivity index (χ0v) is 8.96. The average Bonchev–Trinajstić information content (AvgIpc) is 2.72. The Kier molecular flexibility index (Phi) is 2.77. The van der Waals surface area contributed by atoms with Gasteiger partial charge < -0.3 is 5.73 Å². The quantitative estimate of drug-likeness (QED) is 0.815. The minimum Gasteiger partial charge on any atom is -0.388 e. The van der Waals surface area contributed by atoms with Crippen LogP contribution in [0.5, 0.6) is 0 Å². The SMILES string of the molecule is Nc1snnc1CSc1nccs1. The summed E-state index contributed by atoms with van der Waals surface area (Å²) in [5, 5.41) is 6.56. The van der Waals surface area contributed by atoms with Crippen molar-refractivity contribution in [2.75, 3.05) is 5.73 Å². The molecule has 0 radical (unpaired) electrons. The molecule has 68 valence electrons. The Hall–Kier alpha value is -0.660. The summed E-state index contributed by atoms with van der Waals surface area (Å²) in [6.07, 6.45) is 1.79. The van der Waals surface area contributed by atoms with E-state index in [0.717, 1.165) is 15.8 Å². The van der Waals surface area contributed by atoms with E-state index in [1.807, 2.05) is 5.38 Å². The fourth-order valence-electron chi connectivity index (χ4n) is 0.727. The Morgan fingerprint density at radius 2 is 2.46 bits per heavy atom. The van der Waals surface area contributed by atoms with Crippen molar-refractivity contribution in [1.82, 2.24) is 14.6 Å². The summed E-state index contributed by atoms with van der Waals surface area (Å²) in [5.74, 6) is 0.746. The molecule has 0 atom stereocenters. The van der Waals surface area contributed by atoms with Crippen molar-refractivity contribution in [2.24, 2.45) is 0 Å². The molecule has 7 heteroatoms. The van der Waals surface area contributed by atoms with E-state index in [-0.39, 0.29) is 0 Å². The zero-order chi connectivity index (χ0) is 9.10. The van der Waals surface area contributed by atoms with Crippen molar-refractivity contribution >= 4 is 39.6 Å². The van der Waals surface area contributed by atoms with Crippen molar-refractivity contribution in [3.8, 4) is 0 Å². The highest BCUT2D eigenvalue weighted by Crippen LogP contribution is 2.26. The number of hydrogen-bond donors (Lipinski definition) is 1. The molecule has 0 spiro atoms. The lowest BCUT2D eigenvalue weighted by Crippen LogP contribution is -1.88. The molecule has 0 aliphatic carbocycles. The van der Waals surface area contributed by atoms with Crippen LogP contribution in [0.4, 0.5) is 5.00 Å². The van der Waals surface area contributed by atoms with Gasteiger partial charge in [0.15, 0.2) is 0 Å². The molecule has 0 saturated carbocycles. The highest BCUT2D eigenvalue weighted by Gasteiger charge is 2.05. The standard InChI is InChI=1S/C6H6N4S3/c7-5-4(9-10-13-5)3-12-6-8-1-2-11-6/h1-2H,3,7H2. The molecule has 2 N–H and O–H groups in total. The Morgan fingerprint density at radius 1 is 1.54 bits per heavy atom. The van der Waals surface area contributed by atoms with E-state index >= 15 is 0 Å². The molecule has 2 aromatic heterocycles. The number of hydrogen-bond acceptors (Lipinski definition) is 7. The Bertz CT molecular complexity index is 369. The monoisotopic (exact) mass is 230 g/mol. The van der Waals surface area contributed by atoms with E-state index in [1.165, 1.54) is 11.5 Å². The molecule has 0 aliphatic heterocycles. The first-order chi connectivity index (χ1) is 6.36. The lowest BCUT2D eigenvalue weighted by Gasteiger charge is -1.93. The number of thioether (sulfide) groups is 1. The maximum absolute atomic E-state index is 5.64. The van der Waals surface area contributed by atoms with Crippen molar-refractivity contribution in [1.29, 1.82) is 0 Å². The van der Waals surface area contributed by atoms with E-state index in [2.05, 4.69) is 14.6 Å². The first-order valence-corrected chi connectivity index (χ1v) is 6.09. The summed E-state index contributed by atoms with van der Waals surface area (Å²) in [6.45, 7) is 0. The fraction of sp³-hybridized carbons (Fsp3) is 0.167. The number of nitrogen functional groups attached to an aromatic ring is 1. The van der Waals surface area contributed by atoms with Gasteiger partial charge in [0.05, 0.1) is 0 Å². The predicted octanol–water partition coefficient (Wildman–Crippen LogP) is 1.87. The van der Waals surface area contributed by atoms with Gasteiger partial charge in [-0.15, -0.1) is 16.4 Å². The largest absolute Gasteiger partial charge is 0.388 e. The number of anilines is 1. The molecule has 2 heterocycles. The first kappa shape index (κ1) is 8.92. The second kappa shape index (κ2) is 4.03. The van der Waals surface area contributed by atoms with E-state index in [4.69, 9.17) is 5.73 Å². The summed E-state index contributed by atoms with van der Waals surface area (Å²) < 4.78 is 4.79. The molecule has 2 aromatic rings. The highest BCUT2D eigenvalue weighted by molar-refractivity contribution is 8.00. The van der Waals surface area contributed by atoms with Crippen molar-refractivity contribution in [2.45, 2.75) is 10.1 Å². The second-order valence-corrected chi connectivity index (χ2v) is 5.07. The fourth-order valence-corrected chi connectivity index (χ4v) is 2.85. The van der Waals surface area contributed by atoms with Gasteiger partial charge >= 0.3 is 0 Å². The van der Waals surface area contributed by atoms with Crippen LogP contribution < -0.4 is 5.73 Å². The van der Waals surface area contributed by atoms with Crippen molar-refractivity contribution in [3.05, 3.63) is 17.3 Å². The molecule has 0 aromatic carbocycles. The number of thiazole rings is 1. The van der Waals surface area contributed by atoms with Gasteiger partial charge in [0.1, 0.15) is 15.0 Å². The highest BCUT2D eigenvalue weighted by atomic mass is 32.2. The van der Waals surface area contributed by atoms with Crippen LogP contribution in [-0.2, 0) is 5.75 Å². The smallest absolute Gasteiger partial charge is 0.150 e. The molecule has 0 unspecified atom stereocenters. The zero-order valence-electron chi connectivity index (χ0n) is 6.51. The molecular formula is C6H6N4S3. The van der Waals surface area contributed by atoms with Gasteiger partial charge in [-0.05, 0) is 0 Å². The molecule has 2 rings (SSSR count). The van der Waals surface area contributed by atoms with Crippen LogP contribution in [-0.4, -0.2) is 14.6 Å². The molecule has 4 nitrogen and oxygen atoms in total. The van der Waals surface area contributed by atoms with E-state index in [1.54, 1.807) is 29.3 Å². The van der Waals surface area contributed by atoms with Crippen molar-refractivity contribution in [3.63, 3.8) is 0 Å². The van der Waals surface area contributed by atoms with E-state index < -0.39 is 0 Å². The molecule has 0 amide bonds. The molecule has 0 aliphatic rings. The van der Waals surface area contributed by atoms with Gasteiger partial charge in [-0.25, -0.2) is 4.98 Å². The summed E-state index contributed by atoms with van der Waals surface area (Å²) in [6, 6.07) is 0. The lowest BCUT2D eigenvalue weighted by molar-refractivity contribution is 1.07. The maximum Gasteiger partial charge on any atom is 0.150 e. The Labute approximate surface area is 87.4 Å². The summed E-state index contributed by atoms with van der Waals surface area (Å²) in [7, 11) is 0. The van der Waals surface area contributed by atoms with Gasteiger partial charge in [0.25, 0.3) is 0 Å². The average molecular weight is 230 g/mol. The molecule has 0 bridgehead atoms. The Balaban J connectivity index is 1.97. The van der Waals surface area contributed by atoms with E-state index in [0.29, 0.717) is 5.00 Å². The normalized spacial score (nSPS) is 10.5. The van der Waals surface area contributed by atoms with Crippen molar-refractivity contribution < 1.29 is 0 Å². The Morgan fingerprint density at radius 3 is 3.08 bits per heavy atom. The van der Waals surface area contributed by atoms with Crippen LogP contribution in [0.15, 0.2) is 15.9 Å². The summed E-state index contributed by atoms with van der Waals surface area (Å²) in [4.78, 5) is 4.14. The topological polar surface area (TPSA) is 64.7 Å². The maximum atomic E-state index is 5.64. The number of rotatable bonds is 3. The third-order valence-corrected chi connectivity index (χ3v) is 3.90. The van der Waals surface area contributed by atoms with Crippen LogP contribution in [0.25, 0.3) is 0 Å². The summed E-state index contributed by atoms with van der Waals surface area (Å²) >= 11 is 4.48. The van der Waals surface area contributed by atoms with Crippen LogP contribution in [0.2, 0.25) is 0 Å². The van der Waals surface area contributed by atoms with Gasteiger partial charge in [-0.3, -0.25) is 0 Å². The van der Waals surface area contributed by atoms with Crippen LogP contribution >= 0.6 is 34.6 Å². The lowest BCUT2D eigenvalue weighted by atomic mass is 10.5.